The molecule has 1 unspecified atom stereocenters. The minimum Gasteiger partial charge on any atom is -0.492 e. The third-order valence-corrected chi connectivity index (χ3v) is 3.87. The fraction of sp³-hybridized carbons (Fsp3) is 0.571. The summed E-state index contributed by atoms with van der Waals surface area (Å²) in [5, 5.41) is 0. The van der Waals surface area contributed by atoms with Crippen molar-refractivity contribution in [1.82, 2.24) is 0 Å². The summed E-state index contributed by atoms with van der Waals surface area (Å²) >= 11 is 3.56. The number of rotatable bonds is 5. The van der Waals surface area contributed by atoms with E-state index in [1.807, 2.05) is 13.0 Å². The lowest BCUT2D eigenvalue weighted by Crippen LogP contribution is -2.19. The third-order valence-electron chi connectivity index (χ3n) is 3.25. The molecule has 0 aliphatic heterocycles. The van der Waals surface area contributed by atoms with Gasteiger partial charge in [0.15, 0.2) is 0 Å². The van der Waals surface area contributed by atoms with Crippen molar-refractivity contribution in [3.05, 3.63) is 28.2 Å². The maximum Gasteiger partial charge on any atom is 0.133 e. The van der Waals surface area contributed by atoms with Gasteiger partial charge in [0.25, 0.3) is 0 Å². The average Bonchev–Trinajstić information content (AvgIpc) is 2.17. The van der Waals surface area contributed by atoms with Crippen LogP contribution in [0.25, 0.3) is 0 Å². The van der Waals surface area contributed by atoms with E-state index in [-0.39, 0.29) is 6.04 Å². The molecule has 0 heterocycles. The second-order valence-corrected chi connectivity index (χ2v) is 5.91. The zero-order chi connectivity index (χ0) is 12.3. The summed E-state index contributed by atoms with van der Waals surface area (Å²) in [6.45, 7) is 2.88. The largest absolute Gasteiger partial charge is 0.492 e. The van der Waals surface area contributed by atoms with Crippen LogP contribution in [-0.4, -0.2) is 12.6 Å². The molecule has 1 fully saturated rings. The first kappa shape index (κ1) is 12.9. The van der Waals surface area contributed by atoms with Gasteiger partial charge in [0.1, 0.15) is 5.75 Å². The number of benzene rings is 1. The Balaban J connectivity index is 1.93. The number of halogens is 1. The summed E-state index contributed by atoms with van der Waals surface area (Å²) in [6.07, 6.45) is 4.91. The second kappa shape index (κ2) is 5.87. The standard InChI is InChI=1S/C14H20BrNO/c1-10(16)7-12-5-6-14(13(15)8-12)17-9-11-3-2-4-11/h5-6,8,10-11H,2-4,7,9,16H2,1H3. The lowest BCUT2D eigenvalue weighted by molar-refractivity contribution is 0.180. The van der Waals surface area contributed by atoms with Crippen molar-refractivity contribution in [2.24, 2.45) is 11.7 Å². The van der Waals surface area contributed by atoms with Gasteiger partial charge in [-0.1, -0.05) is 12.5 Å². The van der Waals surface area contributed by atoms with Crippen molar-refractivity contribution < 1.29 is 4.74 Å². The van der Waals surface area contributed by atoms with E-state index in [4.69, 9.17) is 10.5 Å². The van der Waals surface area contributed by atoms with E-state index in [1.165, 1.54) is 24.8 Å². The highest BCUT2D eigenvalue weighted by atomic mass is 79.9. The van der Waals surface area contributed by atoms with Gasteiger partial charge in [0.2, 0.25) is 0 Å². The van der Waals surface area contributed by atoms with Crippen LogP contribution < -0.4 is 10.5 Å². The highest BCUT2D eigenvalue weighted by Crippen LogP contribution is 2.30. The van der Waals surface area contributed by atoms with E-state index in [2.05, 4.69) is 28.1 Å². The van der Waals surface area contributed by atoms with Gasteiger partial charge in [-0.15, -0.1) is 0 Å². The van der Waals surface area contributed by atoms with E-state index in [0.29, 0.717) is 0 Å². The summed E-state index contributed by atoms with van der Waals surface area (Å²) in [7, 11) is 0. The maximum absolute atomic E-state index is 5.82. The molecular formula is C14H20BrNO. The molecule has 1 atom stereocenters. The molecule has 0 saturated heterocycles. The van der Waals surface area contributed by atoms with E-state index in [9.17, 15) is 0 Å². The van der Waals surface area contributed by atoms with Crippen molar-refractivity contribution in [3.63, 3.8) is 0 Å². The fourth-order valence-corrected chi connectivity index (χ4v) is 2.57. The van der Waals surface area contributed by atoms with Crippen LogP contribution in [-0.2, 0) is 6.42 Å². The Labute approximate surface area is 112 Å². The fourth-order valence-electron chi connectivity index (χ4n) is 2.03. The molecular weight excluding hydrogens is 278 g/mol. The summed E-state index contributed by atoms with van der Waals surface area (Å²) in [6, 6.07) is 6.45. The van der Waals surface area contributed by atoms with Crippen LogP contribution in [0.1, 0.15) is 31.7 Å². The van der Waals surface area contributed by atoms with Gasteiger partial charge in [0, 0.05) is 6.04 Å². The van der Waals surface area contributed by atoms with E-state index in [0.717, 1.165) is 29.2 Å². The Hall–Kier alpha value is -0.540. The predicted molar refractivity (Wildman–Crippen MR) is 74.3 cm³/mol. The van der Waals surface area contributed by atoms with Crippen LogP contribution in [0.4, 0.5) is 0 Å². The Kier molecular flexibility index (Phi) is 4.46. The molecule has 1 aliphatic carbocycles. The lowest BCUT2D eigenvalue weighted by Gasteiger charge is -2.25. The summed E-state index contributed by atoms with van der Waals surface area (Å²) < 4.78 is 6.86. The molecule has 0 aromatic heterocycles. The molecule has 3 heteroatoms. The molecule has 1 aromatic carbocycles. The highest BCUT2D eigenvalue weighted by molar-refractivity contribution is 9.10. The van der Waals surface area contributed by atoms with Crippen LogP contribution >= 0.6 is 15.9 Å². The molecule has 0 amide bonds. The van der Waals surface area contributed by atoms with Crippen molar-refractivity contribution in [2.45, 2.75) is 38.6 Å². The Bertz CT molecular complexity index is 374. The normalized spacial score (nSPS) is 17.6. The van der Waals surface area contributed by atoms with Crippen molar-refractivity contribution in [3.8, 4) is 5.75 Å². The first-order valence-corrected chi connectivity index (χ1v) is 7.11. The van der Waals surface area contributed by atoms with Crippen LogP contribution in [0.2, 0.25) is 0 Å². The monoisotopic (exact) mass is 297 g/mol. The van der Waals surface area contributed by atoms with Gasteiger partial charge < -0.3 is 10.5 Å². The van der Waals surface area contributed by atoms with Crippen LogP contribution in [0, 0.1) is 5.92 Å². The SMILES string of the molecule is CC(N)Cc1ccc(OCC2CCC2)c(Br)c1. The van der Waals surface area contributed by atoms with Crippen molar-refractivity contribution in [1.29, 1.82) is 0 Å². The molecule has 2 rings (SSSR count). The number of hydrogen-bond acceptors (Lipinski definition) is 2. The van der Waals surface area contributed by atoms with Gasteiger partial charge in [-0.3, -0.25) is 0 Å². The molecule has 0 spiro atoms. The van der Waals surface area contributed by atoms with E-state index in [1.54, 1.807) is 0 Å². The highest BCUT2D eigenvalue weighted by Gasteiger charge is 2.18. The molecule has 0 bridgehead atoms. The van der Waals surface area contributed by atoms with Crippen molar-refractivity contribution in [2.75, 3.05) is 6.61 Å². The first-order chi connectivity index (χ1) is 8.15. The molecule has 1 saturated carbocycles. The van der Waals surface area contributed by atoms with Gasteiger partial charge in [-0.05, 0) is 65.7 Å². The topological polar surface area (TPSA) is 35.2 Å². The molecule has 94 valence electrons. The summed E-state index contributed by atoms with van der Waals surface area (Å²) in [5.74, 6) is 1.72. The Morgan fingerprint density at radius 2 is 2.24 bits per heavy atom. The summed E-state index contributed by atoms with van der Waals surface area (Å²) in [5.41, 5.74) is 7.04. The zero-order valence-electron chi connectivity index (χ0n) is 10.3. The van der Waals surface area contributed by atoms with E-state index < -0.39 is 0 Å². The van der Waals surface area contributed by atoms with Gasteiger partial charge in [0.05, 0.1) is 11.1 Å². The molecule has 1 aromatic rings. The lowest BCUT2D eigenvalue weighted by atomic mass is 9.86. The first-order valence-electron chi connectivity index (χ1n) is 6.32. The molecule has 1 aliphatic rings. The molecule has 2 N–H and O–H groups in total. The number of ether oxygens (including phenoxy) is 1. The quantitative estimate of drug-likeness (QED) is 0.902. The van der Waals surface area contributed by atoms with Crippen LogP contribution in [0.5, 0.6) is 5.75 Å². The van der Waals surface area contributed by atoms with Crippen molar-refractivity contribution >= 4 is 15.9 Å². The zero-order valence-corrected chi connectivity index (χ0v) is 11.9. The van der Waals surface area contributed by atoms with Crippen LogP contribution in [0.15, 0.2) is 22.7 Å². The summed E-state index contributed by atoms with van der Waals surface area (Å²) in [4.78, 5) is 0. The predicted octanol–water partition coefficient (Wildman–Crippen LogP) is 3.52. The number of nitrogens with two attached hydrogens (primary N) is 1. The van der Waals surface area contributed by atoms with E-state index >= 15 is 0 Å². The molecule has 2 nitrogen and oxygen atoms in total. The second-order valence-electron chi connectivity index (χ2n) is 5.05. The van der Waals surface area contributed by atoms with Crippen LogP contribution in [0.3, 0.4) is 0 Å². The minimum absolute atomic E-state index is 0.198. The maximum atomic E-state index is 5.82. The minimum atomic E-state index is 0.198. The third kappa shape index (κ3) is 3.71. The Morgan fingerprint density at radius 3 is 2.76 bits per heavy atom. The van der Waals surface area contributed by atoms with Gasteiger partial charge >= 0.3 is 0 Å². The molecule has 17 heavy (non-hydrogen) atoms. The molecule has 0 radical (unpaired) electrons. The Morgan fingerprint density at radius 1 is 1.47 bits per heavy atom. The number of hydrogen-bond donors (Lipinski definition) is 1. The van der Waals surface area contributed by atoms with Gasteiger partial charge in [-0.25, -0.2) is 0 Å². The average molecular weight is 298 g/mol. The smallest absolute Gasteiger partial charge is 0.133 e. The van der Waals surface area contributed by atoms with Gasteiger partial charge in [-0.2, -0.15) is 0 Å².